The van der Waals surface area contributed by atoms with Crippen molar-refractivity contribution >= 4 is 69.7 Å². The molecule has 0 saturated heterocycles. The van der Waals surface area contributed by atoms with Crippen LogP contribution in [-0.4, -0.2) is 85.3 Å². The Morgan fingerprint density at radius 2 is 1.77 bits per heavy atom. The summed E-state index contributed by atoms with van der Waals surface area (Å²) in [6.45, 7) is 2.55. The molecule has 2 aliphatic carbocycles. The van der Waals surface area contributed by atoms with Crippen LogP contribution in [0.4, 0.5) is 5.82 Å². The number of carboxylic acid groups (broad SMARTS) is 2. The first-order valence-electron chi connectivity index (χ1n) is 14.8. The quantitative estimate of drug-likeness (QED) is 0.151. The Labute approximate surface area is 277 Å². The Bertz CT molecular complexity index is 1800. The SMILES string of the molecule is CCCNc1nc(C#Cc2ccc(Cl)s2)nc2c1ncn2C1C2CC2(C(=O)NC)[C@@H](OC(=O)CCC(=O)O)[C@H]1OC(=O)CCC(=O)O. The third kappa shape index (κ3) is 7.00. The van der Waals surface area contributed by atoms with E-state index in [-0.39, 0.29) is 12.2 Å². The summed E-state index contributed by atoms with van der Waals surface area (Å²) < 4.78 is 13.8. The van der Waals surface area contributed by atoms with Gasteiger partial charge in [-0.3, -0.25) is 24.0 Å². The predicted octanol–water partition coefficient (Wildman–Crippen LogP) is 2.62. The van der Waals surface area contributed by atoms with Gasteiger partial charge in [0, 0.05) is 19.5 Å². The molecule has 0 bridgehead atoms. The molecule has 3 aromatic heterocycles. The number of carbonyl (C=O) groups excluding carboxylic acids is 3. The zero-order valence-electron chi connectivity index (χ0n) is 25.3. The number of nitrogens with one attached hydrogen (secondary N) is 2. The van der Waals surface area contributed by atoms with Crippen LogP contribution >= 0.6 is 22.9 Å². The van der Waals surface area contributed by atoms with E-state index in [1.165, 1.54) is 24.7 Å². The van der Waals surface area contributed by atoms with E-state index < -0.39 is 85.1 Å². The highest BCUT2D eigenvalue weighted by atomic mass is 35.5. The topological polar surface area (TPSA) is 212 Å². The van der Waals surface area contributed by atoms with Crippen molar-refractivity contribution in [2.45, 2.75) is 63.7 Å². The second-order valence-corrected chi connectivity index (χ2v) is 12.8. The molecule has 3 heterocycles. The van der Waals surface area contributed by atoms with Crippen LogP contribution in [0.1, 0.15) is 62.2 Å². The first kappa shape index (κ1) is 33.6. The molecular weight excluding hydrogens is 656 g/mol. The number of fused-ring (bicyclic) bond motifs is 2. The lowest BCUT2D eigenvalue weighted by atomic mass is 9.97. The van der Waals surface area contributed by atoms with Gasteiger partial charge in [0.1, 0.15) is 0 Å². The van der Waals surface area contributed by atoms with Gasteiger partial charge in [0.05, 0.1) is 52.7 Å². The molecule has 0 spiro atoms. The van der Waals surface area contributed by atoms with E-state index in [1.54, 1.807) is 16.7 Å². The fourth-order valence-electron chi connectivity index (χ4n) is 5.92. The third-order valence-electron chi connectivity index (χ3n) is 8.03. The Morgan fingerprint density at radius 3 is 2.38 bits per heavy atom. The molecule has 248 valence electrons. The number of esters is 2. The molecule has 5 rings (SSSR count). The van der Waals surface area contributed by atoms with Crippen molar-refractivity contribution in [3.05, 3.63) is 33.5 Å². The molecule has 2 saturated carbocycles. The smallest absolute Gasteiger partial charge is 0.306 e. The monoisotopic (exact) mass is 686 g/mol. The summed E-state index contributed by atoms with van der Waals surface area (Å²) in [6.07, 6.45) is -2.05. The summed E-state index contributed by atoms with van der Waals surface area (Å²) in [7, 11) is 1.42. The van der Waals surface area contributed by atoms with Crippen molar-refractivity contribution in [3.63, 3.8) is 0 Å². The van der Waals surface area contributed by atoms with E-state index in [0.29, 0.717) is 32.7 Å². The van der Waals surface area contributed by atoms with E-state index in [2.05, 4.69) is 37.4 Å². The molecular formula is C30H31ClN6O9S. The Morgan fingerprint density at radius 1 is 1.06 bits per heavy atom. The van der Waals surface area contributed by atoms with Crippen molar-refractivity contribution < 1.29 is 43.7 Å². The number of halogens is 1. The van der Waals surface area contributed by atoms with E-state index in [4.69, 9.17) is 31.3 Å². The van der Waals surface area contributed by atoms with E-state index in [0.717, 1.165) is 6.42 Å². The lowest BCUT2D eigenvalue weighted by molar-refractivity contribution is -0.175. The minimum absolute atomic E-state index is 0.153. The second-order valence-electron chi connectivity index (χ2n) is 11.1. The standard InChI is InChI=1S/C30H31ClN6O9S/c1-3-12-33-27-23-28(36-18(35-27)7-5-15-4-6-17(31)47-15)37(14-34-23)24-16-13-30(16,29(44)32-2)26(46-22(43)11-9-20(40)41)25(24)45-21(42)10-8-19(38)39/h4,6,14,16,24-26H,3,8-13H2,1-2H3,(H,32,44)(H,38,39)(H,40,41)(H,33,35,36)/t16?,24?,25-,26-,30?/m0/s1. The third-order valence-corrected chi connectivity index (χ3v) is 9.18. The molecule has 15 nitrogen and oxygen atoms in total. The molecule has 3 aromatic rings. The minimum Gasteiger partial charge on any atom is -0.481 e. The summed E-state index contributed by atoms with van der Waals surface area (Å²) in [6, 6.07) is 2.65. The lowest BCUT2D eigenvalue weighted by Gasteiger charge is -2.31. The Balaban J connectivity index is 1.60. The summed E-state index contributed by atoms with van der Waals surface area (Å²) in [5, 5.41) is 24.0. The van der Waals surface area contributed by atoms with Crippen molar-refractivity contribution in [3.8, 4) is 11.8 Å². The van der Waals surface area contributed by atoms with Crippen molar-refractivity contribution in [1.29, 1.82) is 0 Å². The van der Waals surface area contributed by atoms with Gasteiger partial charge in [-0.2, -0.15) is 0 Å². The van der Waals surface area contributed by atoms with Gasteiger partial charge >= 0.3 is 23.9 Å². The number of imidazole rings is 1. The molecule has 47 heavy (non-hydrogen) atoms. The Hall–Kier alpha value is -4.75. The molecule has 3 unspecified atom stereocenters. The molecule has 2 aliphatic rings. The number of carbonyl (C=O) groups is 5. The first-order chi connectivity index (χ1) is 22.5. The minimum atomic E-state index is -1.32. The van der Waals surface area contributed by atoms with Gasteiger partial charge in [0.15, 0.2) is 29.2 Å². The normalized spacial score (nSPS) is 22.4. The van der Waals surface area contributed by atoms with Crippen LogP contribution in [0.3, 0.4) is 0 Å². The molecule has 5 atom stereocenters. The fourth-order valence-corrected chi connectivity index (χ4v) is 6.82. The van der Waals surface area contributed by atoms with E-state index in [1.807, 2.05) is 6.92 Å². The van der Waals surface area contributed by atoms with Crippen LogP contribution in [0.25, 0.3) is 11.2 Å². The van der Waals surface area contributed by atoms with Gasteiger partial charge in [0.2, 0.25) is 11.7 Å². The second kappa shape index (κ2) is 13.9. The maximum Gasteiger partial charge on any atom is 0.306 e. The van der Waals surface area contributed by atoms with Crippen LogP contribution in [0.15, 0.2) is 18.5 Å². The van der Waals surface area contributed by atoms with Gasteiger partial charge in [-0.25, -0.2) is 15.0 Å². The highest BCUT2D eigenvalue weighted by molar-refractivity contribution is 7.16. The maximum absolute atomic E-state index is 13.4. The zero-order valence-corrected chi connectivity index (χ0v) is 26.9. The maximum atomic E-state index is 13.4. The summed E-state index contributed by atoms with van der Waals surface area (Å²) >= 11 is 7.34. The van der Waals surface area contributed by atoms with Crippen LogP contribution in [-0.2, 0) is 33.4 Å². The van der Waals surface area contributed by atoms with Crippen LogP contribution in [0, 0.1) is 23.2 Å². The number of hydrogen-bond acceptors (Lipinski definition) is 12. The number of amides is 1. The number of aliphatic carboxylic acids is 2. The number of aromatic nitrogens is 4. The molecule has 0 radical (unpaired) electrons. The number of thiophene rings is 1. The Kier molecular flexibility index (Phi) is 9.96. The molecule has 4 N–H and O–H groups in total. The fraction of sp³-hybridized carbons (Fsp3) is 0.467. The van der Waals surface area contributed by atoms with Crippen molar-refractivity contribution in [2.75, 3.05) is 18.9 Å². The molecule has 1 amide bonds. The number of ether oxygens (including phenoxy) is 2. The molecule has 0 aromatic carbocycles. The van der Waals surface area contributed by atoms with Crippen LogP contribution in [0.2, 0.25) is 4.34 Å². The zero-order chi connectivity index (χ0) is 33.9. The highest BCUT2D eigenvalue weighted by Gasteiger charge is 2.78. The number of nitrogens with zero attached hydrogens (tertiary/aromatic N) is 4. The van der Waals surface area contributed by atoms with Crippen molar-refractivity contribution in [1.82, 2.24) is 24.8 Å². The summed E-state index contributed by atoms with van der Waals surface area (Å²) in [4.78, 5) is 76.0. The van der Waals surface area contributed by atoms with Gasteiger partial charge < -0.3 is 34.9 Å². The van der Waals surface area contributed by atoms with Gasteiger partial charge in [0.25, 0.3) is 0 Å². The number of hydrogen-bond donors (Lipinski definition) is 4. The largest absolute Gasteiger partial charge is 0.481 e. The van der Waals surface area contributed by atoms with E-state index in [9.17, 15) is 24.0 Å². The first-order valence-corrected chi connectivity index (χ1v) is 16.0. The number of rotatable bonds is 13. The summed E-state index contributed by atoms with van der Waals surface area (Å²) in [5.41, 5.74) is -0.629. The average Bonchev–Trinajstić information content (AvgIpc) is 3.26. The van der Waals surface area contributed by atoms with Gasteiger partial charge in [-0.15, -0.1) is 11.3 Å². The van der Waals surface area contributed by atoms with E-state index >= 15 is 0 Å². The van der Waals surface area contributed by atoms with Gasteiger partial charge in [-0.05, 0) is 36.8 Å². The van der Waals surface area contributed by atoms with Crippen molar-refractivity contribution in [2.24, 2.45) is 11.3 Å². The number of carboxylic acids is 2. The highest BCUT2D eigenvalue weighted by Crippen LogP contribution is 2.69. The van der Waals surface area contributed by atoms with Crippen LogP contribution in [0.5, 0.6) is 0 Å². The summed E-state index contributed by atoms with van der Waals surface area (Å²) in [5.74, 6) is 1.31. The molecule has 2 fully saturated rings. The average molecular weight is 687 g/mol. The predicted molar refractivity (Wildman–Crippen MR) is 167 cm³/mol. The molecule has 0 aliphatic heterocycles. The lowest BCUT2D eigenvalue weighted by Crippen LogP contribution is -2.46. The van der Waals surface area contributed by atoms with Gasteiger partial charge in [-0.1, -0.05) is 18.5 Å². The number of anilines is 1. The molecule has 17 heteroatoms. The van der Waals surface area contributed by atoms with Crippen LogP contribution < -0.4 is 10.6 Å².